The number of nitro benzene ring substituents is 2. The van der Waals surface area contributed by atoms with E-state index in [9.17, 15) is 20.2 Å². The van der Waals surface area contributed by atoms with E-state index in [-0.39, 0.29) is 21.9 Å². The zero-order valence-corrected chi connectivity index (χ0v) is 25.0. The second-order valence-corrected chi connectivity index (χ2v) is 10.2. The highest BCUT2D eigenvalue weighted by Crippen LogP contribution is 2.26. The molecule has 0 fully saturated rings. The molecule has 2 aromatic rings. The predicted octanol–water partition coefficient (Wildman–Crippen LogP) is 8.57. The summed E-state index contributed by atoms with van der Waals surface area (Å²) in [6, 6.07) is 12.0. The fraction of sp³-hybridized carbons (Fsp3) is 0.581. The molecule has 0 bridgehead atoms. The van der Waals surface area contributed by atoms with Gasteiger partial charge in [0.25, 0.3) is 11.4 Å². The second kappa shape index (κ2) is 19.4. The first-order valence-corrected chi connectivity index (χ1v) is 14.6. The van der Waals surface area contributed by atoms with Crippen LogP contribution in [0.3, 0.4) is 0 Å². The largest absolute Gasteiger partial charge is 0.374 e. The van der Waals surface area contributed by atoms with E-state index >= 15 is 0 Å². The first-order chi connectivity index (χ1) is 19.2. The van der Waals surface area contributed by atoms with E-state index < -0.39 is 4.92 Å². The van der Waals surface area contributed by atoms with Crippen LogP contribution < -0.4 is 9.80 Å². The molecule has 0 radical (unpaired) electrons. The Labute approximate surface area is 240 Å². The smallest absolute Gasteiger partial charge is 0.289 e. The van der Waals surface area contributed by atoms with Crippen molar-refractivity contribution in [3.63, 3.8) is 0 Å². The predicted molar refractivity (Wildman–Crippen MR) is 164 cm³/mol. The minimum Gasteiger partial charge on any atom is -0.374 e. The topological polar surface area (TPSA) is 117 Å². The quantitative estimate of drug-likeness (QED) is 0.109. The fourth-order valence-electron chi connectivity index (χ4n) is 4.37. The van der Waals surface area contributed by atoms with Gasteiger partial charge in [-0.3, -0.25) is 20.2 Å². The molecule has 0 amide bonds. The number of aryl methyl sites for hydroxylation is 1. The zero-order valence-electron chi connectivity index (χ0n) is 25.0. The Hall–Kier alpha value is -3.67. The summed E-state index contributed by atoms with van der Waals surface area (Å²) in [7, 11) is 1.93. The Kier molecular flexibility index (Phi) is 16.7. The lowest BCUT2D eigenvalue weighted by Crippen LogP contribution is -2.25. The van der Waals surface area contributed by atoms with E-state index in [0.29, 0.717) is 0 Å². The Morgan fingerprint density at radius 1 is 0.725 bits per heavy atom. The van der Waals surface area contributed by atoms with Gasteiger partial charge < -0.3 is 9.80 Å². The van der Waals surface area contributed by atoms with Crippen LogP contribution in [0, 0.1) is 38.5 Å². The highest BCUT2D eigenvalue weighted by atomic mass is 16.6. The van der Waals surface area contributed by atoms with Gasteiger partial charge in [-0.15, -0.1) is 0 Å². The summed E-state index contributed by atoms with van der Waals surface area (Å²) in [6.45, 7) is 11.3. The van der Waals surface area contributed by atoms with Crippen molar-refractivity contribution in [2.24, 2.45) is 0 Å². The van der Waals surface area contributed by atoms with Crippen molar-refractivity contribution >= 4 is 22.7 Å². The van der Waals surface area contributed by atoms with E-state index in [1.54, 1.807) is 19.1 Å². The van der Waals surface area contributed by atoms with E-state index in [4.69, 9.17) is 5.26 Å². The highest BCUT2D eigenvalue weighted by Gasteiger charge is 2.16. The molecule has 9 heteroatoms. The van der Waals surface area contributed by atoms with Crippen molar-refractivity contribution in [3.8, 4) is 6.07 Å². The van der Waals surface area contributed by atoms with Gasteiger partial charge in [0.1, 0.15) is 11.6 Å². The SMILES string of the molecule is CCCCCCCCN(C)c1ccc(C#N)c([N+](=O)[O-])c1.CCCCN(CCCC)c1ccc([N+](=O)[O-])c(C)c1. The fourth-order valence-corrected chi connectivity index (χ4v) is 4.37. The summed E-state index contributed by atoms with van der Waals surface area (Å²) in [5.41, 5.74) is 2.82. The summed E-state index contributed by atoms with van der Waals surface area (Å²) >= 11 is 0. The first-order valence-electron chi connectivity index (χ1n) is 14.6. The van der Waals surface area contributed by atoms with Crippen LogP contribution in [0.5, 0.6) is 0 Å². The monoisotopic (exact) mass is 553 g/mol. The molecule has 40 heavy (non-hydrogen) atoms. The Morgan fingerprint density at radius 3 is 1.80 bits per heavy atom. The maximum atomic E-state index is 11.0. The average Bonchev–Trinajstić information content (AvgIpc) is 2.94. The lowest BCUT2D eigenvalue weighted by atomic mass is 10.1. The van der Waals surface area contributed by atoms with E-state index in [2.05, 4.69) is 25.7 Å². The third-order valence-electron chi connectivity index (χ3n) is 6.89. The van der Waals surface area contributed by atoms with Crippen LogP contribution in [0.2, 0.25) is 0 Å². The lowest BCUT2D eigenvalue weighted by molar-refractivity contribution is -0.385. The second-order valence-electron chi connectivity index (χ2n) is 10.2. The normalized spacial score (nSPS) is 10.3. The third kappa shape index (κ3) is 12.0. The molecule has 220 valence electrons. The molecule has 0 aliphatic rings. The molecule has 0 spiro atoms. The highest BCUT2D eigenvalue weighted by molar-refractivity contribution is 5.60. The molecule has 0 heterocycles. The molecule has 0 aliphatic carbocycles. The minimum absolute atomic E-state index is 0.108. The van der Waals surface area contributed by atoms with Gasteiger partial charge in [-0.05, 0) is 50.5 Å². The number of unbranched alkanes of at least 4 members (excludes halogenated alkanes) is 7. The first kappa shape index (κ1) is 34.4. The van der Waals surface area contributed by atoms with Gasteiger partial charge in [0.05, 0.1) is 9.85 Å². The summed E-state index contributed by atoms with van der Waals surface area (Å²) in [4.78, 5) is 25.3. The van der Waals surface area contributed by atoms with Crippen molar-refractivity contribution in [2.75, 3.05) is 36.5 Å². The lowest BCUT2D eigenvalue weighted by Gasteiger charge is -2.25. The van der Waals surface area contributed by atoms with Crippen LogP contribution in [0.25, 0.3) is 0 Å². The molecule has 2 rings (SSSR count). The summed E-state index contributed by atoms with van der Waals surface area (Å²) in [5.74, 6) is 0. The van der Waals surface area contributed by atoms with Gasteiger partial charge >= 0.3 is 0 Å². The number of nitro groups is 2. The van der Waals surface area contributed by atoms with Crippen LogP contribution in [0.1, 0.15) is 96.1 Å². The van der Waals surface area contributed by atoms with E-state index in [1.807, 2.05) is 30.1 Å². The molecule has 0 aliphatic heterocycles. The van der Waals surface area contributed by atoms with Crippen LogP contribution >= 0.6 is 0 Å². The standard InChI is InChI=1S/C16H23N3O2.C15H24N2O2/c1-3-4-5-6-7-8-11-18(2)15-10-9-14(13-17)16(12-15)19(20)21;1-4-6-10-16(11-7-5-2)14-8-9-15(17(18)19)13(3)12-14/h9-10,12H,3-8,11H2,1-2H3;8-9,12H,4-7,10-11H2,1-3H3. The van der Waals surface area contributed by atoms with Gasteiger partial charge in [-0.2, -0.15) is 5.26 Å². The summed E-state index contributed by atoms with van der Waals surface area (Å²) in [6.07, 6.45) is 11.9. The molecule has 0 atom stereocenters. The summed E-state index contributed by atoms with van der Waals surface area (Å²) < 4.78 is 0. The molecule has 0 aromatic heterocycles. The molecular weight excluding hydrogens is 506 g/mol. The van der Waals surface area contributed by atoms with E-state index in [1.165, 1.54) is 44.2 Å². The van der Waals surface area contributed by atoms with Crippen molar-refractivity contribution < 1.29 is 9.85 Å². The van der Waals surface area contributed by atoms with Crippen LogP contribution in [-0.4, -0.2) is 36.5 Å². The Balaban J connectivity index is 0.000000402. The number of nitrogens with zero attached hydrogens (tertiary/aromatic N) is 5. The van der Waals surface area contributed by atoms with Crippen molar-refractivity contribution in [2.45, 2.75) is 91.9 Å². The maximum Gasteiger partial charge on any atom is 0.289 e. The Bertz CT molecular complexity index is 1090. The van der Waals surface area contributed by atoms with Gasteiger partial charge in [-0.25, -0.2) is 0 Å². The molecule has 9 nitrogen and oxygen atoms in total. The number of anilines is 2. The van der Waals surface area contributed by atoms with Crippen molar-refractivity contribution in [1.29, 1.82) is 5.26 Å². The average molecular weight is 554 g/mol. The minimum atomic E-state index is -0.499. The number of rotatable bonds is 17. The number of hydrogen-bond donors (Lipinski definition) is 0. The van der Waals surface area contributed by atoms with Gasteiger partial charge in [-0.1, -0.05) is 65.7 Å². The van der Waals surface area contributed by atoms with Crippen LogP contribution in [-0.2, 0) is 0 Å². The van der Waals surface area contributed by atoms with E-state index in [0.717, 1.165) is 68.7 Å². The number of nitriles is 1. The molecule has 0 unspecified atom stereocenters. The van der Waals surface area contributed by atoms with Crippen LogP contribution in [0.4, 0.5) is 22.7 Å². The molecule has 0 N–H and O–H groups in total. The van der Waals surface area contributed by atoms with Crippen molar-refractivity contribution in [1.82, 2.24) is 0 Å². The maximum absolute atomic E-state index is 11.0. The molecule has 2 aromatic carbocycles. The van der Waals surface area contributed by atoms with Gasteiger partial charge in [0.2, 0.25) is 0 Å². The van der Waals surface area contributed by atoms with Gasteiger partial charge in [0, 0.05) is 55.8 Å². The molecule has 0 saturated carbocycles. The third-order valence-corrected chi connectivity index (χ3v) is 6.89. The molecular formula is C31H47N5O4. The van der Waals surface area contributed by atoms with Crippen LogP contribution in [0.15, 0.2) is 36.4 Å². The number of benzene rings is 2. The van der Waals surface area contributed by atoms with Crippen molar-refractivity contribution in [3.05, 3.63) is 67.8 Å². The molecule has 0 saturated heterocycles. The zero-order chi connectivity index (χ0) is 29.9. The number of hydrogen-bond acceptors (Lipinski definition) is 7. The van der Waals surface area contributed by atoms with Gasteiger partial charge in [0.15, 0.2) is 0 Å². The summed E-state index contributed by atoms with van der Waals surface area (Å²) in [5, 5.41) is 30.7. The Morgan fingerprint density at radius 2 is 1.27 bits per heavy atom.